The van der Waals surface area contributed by atoms with E-state index >= 15 is 4.39 Å². The second-order valence-corrected chi connectivity index (χ2v) is 12.4. The number of halogens is 3. The number of benzene rings is 1. The minimum Gasteiger partial charge on any atom is -0.367 e. The van der Waals surface area contributed by atoms with Crippen LogP contribution in [0.4, 0.5) is 19.0 Å². The van der Waals surface area contributed by atoms with Crippen LogP contribution in [-0.4, -0.2) is 65.1 Å². The first kappa shape index (κ1) is 32.5. The summed E-state index contributed by atoms with van der Waals surface area (Å²) in [6.45, 7) is 6.42. The Morgan fingerprint density at radius 3 is 2.49 bits per heavy atom. The molecule has 0 spiro atoms. The van der Waals surface area contributed by atoms with E-state index in [9.17, 15) is 18.4 Å². The van der Waals surface area contributed by atoms with Gasteiger partial charge in [-0.25, -0.2) is 18.2 Å². The molecule has 0 bridgehead atoms. The van der Waals surface area contributed by atoms with Crippen molar-refractivity contribution in [1.29, 1.82) is 0 Å². The van der Waals surface area contributed by atoms with Gasteiger partial charge in [0.2, 0.25) is 5.91 Å². The maximum atomic E-state index is 15.2. The van der Waals surface area contributed by atoms with E-state index in [1.807, 2.05) is 19.0 Å². The van der Waals surface area contributed by atoms with E-state index in [1.165, 1.54) is 19.1 Å². The molecule has 45 heavy (non-hydrogen) atoms. The molecule has 0 radical (unpaired) electrons. The minimum atomic E-state index is -2.95. The molecule has 1 amide bonds. The summed E-state index contributed by atoms with van der Waals surface area (Å²) >= 11 is 0. The first-order valence-corrected chi connectivity index (χ1v) is 15.3. The number of hydrogen-bond donors (Lipinski definition) is 1. The van der Waals surface area contributed by atoms with E-state index in [1.54, 1.807) is 36.4 Å². The molecule has 1 aromatic carbocycles. The molecular weight excluding hydrogens is 583 g/mol. The maximum absolute atomic E-state index is 15.2. The van der Waals surface area contributed by atoms with Crippen LogP contribution in [0.5, 0.6) is 0 Å². The number of likely N-dealkylation sites (tertiary alicyclic amines) is 1. The predicted molar refractivity (Wildman–Crippen MR) is 168 cm³/mol. The van der Waals surface area contributed by atoms with E-state index in [-0.39, 0.29) is 23.1 Å². The molecule has 2 aromatic heterocycles. The Morgan fingerprint density at radius 1 is 1.22 bits per heavy atom. The molecule has 1 saturated heterocycles. The van der Waals surface area contributed by atoms with Crippen molar-refractivity contribution < 1.29 is 22.7 Å². The molecule has 2 fully saturated rings. The van der Waals surface area contributed by atoms with Gasteiger partial charge in [-0.3, -0.25) is 14.5 Å². The number of nitrogens with one attached hydrogen (secondary N) is 1. The van der Waals surface area contributed by atoms with Gasteiger partial charge in [-0.15, -0.1) is 0 Å². The molecule has 3 aromatic rings. The van der Waals surface area contributed by atoms with Crippen LogP contribution < -0.4 is 10.9 Å². The molecule has 0 unspecified atom stereocenters. The van der Waals surface area contributed by atoms with Gasteiger partial charge in [0.15, 0.2) is 0 Å². The number of rotatable bonds is 8. The quantitative estimate of drug-likeness (QED) is 0.338. The number of hydrogen-bond acceptors (Lipinski definition) is 6. The topological polar surface area (TPSA) is 79.7 Å². The fourth-order valence-electron chi connectivity index (χ4n) is 6.04. The first-order valence-electron chi connectivity index (χ1n) is 15.3. The fraction of sp³-hybridized carbons (Fsp3) is 0.500. The third-order valence-corrected chi connectivity index (χ3v) is 8.69. The summed E-state index contributed by atoms with van der Waals surface area (Å²) in [4.78, 5) is 34.9. The highest BCUT2D eigenvalue weighted by Crippen LogP contribution is 2.43. The van der Waals surface area contributed by atoms with Crippen molar-refractivity contribution in [2.75, 3.05) is 39.0 Å². The van der Waals surface area contributed by atoms with Crippen LogP contribution >= 0.6 is 0 Å². The Labute approximate surface area is 261 Å². The van der Waals surface area contributed by atoms with Crippen LogP contribution in [0.3, 0.4) is 0 Å². The monoisotopic (exact) mass is 623 g/mol. The van der Waals surface area contributed by atoms with Crippen LogP contribution in [0.1, 0.15) is 79.9 Å². The number of alkyl halides is 2. The van der Waals surface area contributed by atoms with Crippen molar-refractivity contribution in [1.82, 2.24) is 19.4 Å². The van der Waals surface area contributed by atoms with Gasteiger partial charge < -0.3 is 19.5 Å². The Bertz CT molecular complexity index is 1730. The van der Waals surface area contributed by atoms with E-state index in [0.29, 0.717) is 66.0 Å². The van der Waals surface area contributed by atoms with Crippen LogP contribution in [0.25, 0.3) is 10.9 Å². The average molecular weight is 624 g/mol. The van der Waals surface area contributed by atoms with Crippen molar-refractivity contribution in [3.63, 3.8) is 0 Å². The van der Waals surface area contributed by atoms with Crippen molar-refractivity contribution in [2.24, 2.45) is 7.05 Å². The predicted octanol–water partition coefficient (Wildman–Crippen LogP) is 5.42. The number of nitrogens with zero attached hydrogens (tertiary/aromatic N) is 4. The lowest BCUT2D eigenvalue weighted by Crippen LogP contribution is -2.48. The molecule has 1 aliphatic carbocycles. The van der Waals surface area contributed by atoms with Crippen LogP contribution in [0.2, 0.25) is 0 Å². The molecule has 2 aliphatic rings. The number of aromatic nitrogens is 2. The van der Waals surface area contributed by atoms with E-state index in [0.717, 1.165) is 18.9 Å². The van der Waals surface area contributed by atoms with Gasteiger partial charge >= 0.3 is 0 Å². The highest BCUT2D eigenvalue weighted by molar-refractivity contribution is 5.95. The molecule has 5 rings (SSSR count). The normalized spacial score (nSPS) is 17.0. The lowest BCUT2D eigenvalue weighted by molar-refractivity contribution is -0.138. The summed E-state index contributed by atoms with van der Waals surface area (Å²) in [5.74, 6) is 5.73. The number of ether oxygens (including phenoxy) is 1. The summed E-state index contributed by atoms with van der Waals surface area (Å²) in [7, 11) is 5.51. The van der Waals surface area contributed by atoms with Crippen LogP contribution in [-0.2, 0) is 22.2 Å². The Balaban J connectivity index is 1.70. The van der Waals surface area contributed by atoms with Gasteiger partial charge in [-0.05, 0) is 59.7 Å². The van der Waals surface area contributed by atoms with Crippen molar-refractivity contribution in [2.45, 2.75) is 70.6 Å². The third-order valence-electron chi connectivity index (χ3n) is 8.69. The fourth-order valence-corrected chi connectivity index (χ4v) is 6.04. The molecule has 8 nitrogen and oxygen atoms in total. The Morgan fingerprint density at radius 2 is 1.89 bits per heavy atom. The van der Waals surface area contributed by atoms with E-state index in [4.69, 9.17) is 9.72 Å². The molecular formula is C34H40F3N5O3. The van der Waals surface area contributed by atoms with Gasteiger partial charge in [0.25, 0.3) is 12.0 Å². The highest BCUT2D eigenvalue weighted by atomic mass is 19.3. The molecule has 1 saturated carbocycles. The molecule has 11 heteroatoms. The summed E-state index contributed by atoms with van der Waals surface area (Å²) < 4.78 is 50.4. The maximum Gasteiger partial charge on any atom is 0.266 e. The molecule has 1 N–H and O–H groups in total. The van der Waals surface area contributed by atoms with Crippen molar-refractivity contribution in [3.05, 3.63) is 68.4 Å². The largest absolute Gasteiger partial charge is 0.367 e. The number of aryl methyl sites for hydroxylation is 2. The zero-order chi connectivity index (χ0) is 32.6. The lowest BCUT2D eigenvalue weighted by atomic mass is 9.83. The van der Waals surface area contributed by atoms with Crippen molar-refractivity contribution >= 4 is 22.6 Å². The van der Waals surface area contributed by atoms with E-state index < -0.39 is 29.4 Å². The zero-order valence-electron chi connectivity index (χ0n) is 26.6. The van der Waals surface area contributed by atoms with E-state index in [2.05, 4.69) is 17.2 Å². The number of carbonyl (C=O) groups excluding carboxylic acids is 1. The number of pyridine rings is 2. The Kier molecular flexibility index (Phi) is 9.28. The smallest absolute Gasteiger partial charge is 0.266 e. The first-order chi connectivity index (χ1) is 21.3. The second kappa shape index (κ2) is 12.9. The summed E-state index contributed by atoms with van der Waals surface area (Å²) in [6.07, 6.45) is -0.168. The average Bonchev–Trinajstić information content (AvgIpc) is 3.80. The van der Waals surface area contributed by atoms with Gasteiger partial charge in [0.05, 0.1) is 46.6 Å². The standard InChI is InChI=1S/C34H40F3N5O3/c1-20(24-9-7-10-26(29(24)35)31(36)37)38-32-27-19-28(34(45-23-12-13-23)14-17-42(18-15-34)22(3)43)33(44)41(6)30(27)25(21(2)39-32)11-8-16-40(4)5/h7,9-10,19-20,23,31H,12-18H2,1-6H3,(H,38,39)/t20-/m1/s1. The summed E-state index contributed by atoms with van der Waals surface area (Å²) in [6, 6.07) is 5.02. The highest BCUT2D eigenvalue weighted by Gasteiger charge is 2.44. The van der Waals surface area contributed by atoms with Crippen LogP contribution in [0, 0.1) is 24.6 Å². The third kappa shape index (κ3) is 6.58. The summed E-state index contributed by atoms with van der Waals surface area (Å²) in [5, 5.41) is 3.83. The minimum absolute atomic E-state index is 0.0225. The van der Waals surface area contributed by atoms with Gasteiger partial charge in [-0.1, -0.05) is 30.0 Å². The number of fused-ring (bicyclic) bond motifs is 1. The molecule has 1 aliphatic heterocycles. The SMILES string of the molecule is CC(=O)N1CCC(OC2CC2)(c2cc3c(N[C@H](C)c4cccc(C(F)F)c4F)nc(C)c(C#CCN(C)C)c3n(C)c2=O)CC1. The number of carbonyl (C=O) groups is 1. The van der Waals surface area contributed by atoms with Crippen molar-refractivity contribution in [3.8, 4) is 11.8 Å². The van der Waals surface area contributed by atoms with Gasteiger partial charge in [-0.2, -0.15) is 0 Å². The second-order valence-electron chi connectivity index (χ2n) is 12.4. The van der Waals surface area contributed by atoms with Crippen LogP contribution in [0.15, 0.2) is 29.1 Å². The van der Waals surface area contributed by atoms with Gasteiger partial charge in [0, 0.05) is 38.0 Å². The number of anilines is 1. The number of amides is 1. The summed E-state index contributed by atoms with van der Waals surface area (Å²) in [5.41, 5.74) is 0.452. The molecule has 240 valence electrons. The number of piperidine rings is 1. The Hall–Kier alpha value is -3.88. The lowest BCUT2D eigenvalue weighted by Gasteiger charge is -2.41. The molecule has 3 heterocycles. The zero-order valence-corrected chi connectivity index (χ0v) is 26.6. The van der Waals surface area contributed by atoms with Gasteiger partial charge in [0.1, 0.15) is 17.2 Å². The molecule has 1 atom stereocenters.